The Morgan fingerprint density at radius 1 is 1.29 bits per heavy atom. The van der Waals surface area contributed by atoms with Crippen molar-refractivity contribution in [3.63, 3.8) is 0 Å². The first-order valence-corrected chi connectivity index (χ1v) is 3.97. The highest BCUT2D eigenvalue weighted by Crippen LogP contribution is 2.04. The summed E-state index contributed by atoms with van der Waals surface area (Å²) in [6.07, 6.45) is 1.04. The van der Waals surface area contributed by atoms with Crippen LogP contribution in [0.15, 0.2) is 36.9 Å². The number of rotatable bonds is 2. The fourth-order valence-electron chi connectivity index (χ4n) is 0.870. The highest BCUT2D eigenvalue weighted by Gasteiger charge is 2.06. The van der Waals surface area contributed by atoms with E-state index in [4.69, 9.17) is 5.73 Å². The maximum Gasteiger partial charge on any atom is 0.258 e. The second-order valence-corrected chi connectivity index (χ2v) is 2.64. The van der Waals surface area contributed by atoms with Crippen LogP contribution in [0.2, 0.25) is 0 Å². The van der Waals surface area contributed by atoms with Crippen molar-refractivity contribution in [1.82, 2.24) is 5.32 Å². The van der Waals surface area contributed by atoms with Crippen LogP contribution in [0, 0.1) is 0 Å². The van der Waals surface area contributed by atoms with Crippen molar-refractivity contribution in [2.75, 3.05) is 5.73 Å². The van der Waals surface area contributed by atoms with Crippen LogP contribution < -0.4 is 11.1 Å². The Morgan fingerprint density at radius 2 is 1.86 bits per heavy atom. The lowest BCUT2D eigenvalue weighted by Crippen LogP contribution is -2.28. The molecule has 0 aliphatic heterocycles. The first kappa shape index (κ1) is 9.98. The molecule has 0 saturated heterocycles. The van der Waals surface area contributed by atoms with Gasteiger partial charge in [-0.25, -0.2) is 0 Å². The molecule has 2 amide bonds. The molecule has 4 heteroatoms. The molecule has 0 atom stereocenters. The number of nitrogen functional groups attached to an aromatic ring is 1. The van der Waals surface area contributed by atoms with Crippen LogP contribution in [0.5, 0.6) is 0 Å². The van der Waals surface area contributed by atoms with E-state index in [2.05, 4.69) is 11.9 Å². The maximum atomic E-state index is 11.3. The summed E-state index contributed by atoms with van der Waals surface area (Å²) in [6, 6.07) is 6.27. The zero-order chi connectivity index (χ0) is 10.6. The van der Waals surface area contributed by atoms with E-state index in [1.165, 1.54) is 0 Å². The number of amides is 2. The Kier molecular flexibility index (Phi) is 3.01. The monoisotopic (exact) mass is 190 g/mol. The molecule has 3 N–H and O–H groups in total. The molecule has 14 heavy (non-hydrogen) atoms. The first-order valence-electron chi connectivity index (χ1n) is 3.97. The predicted octanol–water partition coefficient (Wildman–Crippen LogP) is 0.711. The first-order chi connectivity index (χ1) is 6.63. The smallest absolute Gasteiger partial charge is 0.258 e. The van der Waals surface area contributed by atoms with Crippen LogP contribution in [-0.4, -0.2) is 11.8 Å². The van der Waals surface area contributed by atoms with E-state index in [0.29, 0.717) is 11.3 Å². The molecule has 0 fully saturated rings. The summed E-state index contributed by atoms with van der Waals surface area (Å²) in [4.78, 5) is 22.1. The standard InChI is InChI=1S/C10H10N2O2/c1-2-9(13)12-10(14)7-3-5-8(11)6-4-7/h2-6H,1,11H2,(H,12,13,14). The molecular formula is C10H10N2O2. The van der Waals surface area contributed by atoms with Gasteiger partial charge in [0.15, 0.2) is 0 Å². The molecule has 0 radical (unpaired) electrons. The predicted molar refractivity (Wildman–Crippen MR) is 53.5 cm³/mol. The Bertz CT molecular complexity index is 368. The lowest BCUT2D eigenvalue weighted by Gasteiger charge is -2.00. The Labute approximate surface area is 81.4 Å². The van der Waals surface area contributed by atoms with Crippen molar-refractivity contribution < 1.29 is 9.59 Å². The minimum absolute atomic E-state index is 0.384. The average Bonchev–Trinajstić information content (AvgIpc) is 2.18. The van der Waals surface area contributed by atoms with Crippen molar-refractivity contribution in [3.05, 3.63) is 42.5 Å². The minimum atomic E-state index is -0.521. The van der Waals surface area contributed by atoms with Crippen molar-refractivity contribution in [2.24, 2.45) is 0 Å². The van der Waals surface area contributed by atoms with Gasteiger partial charge < -0.3 is 5.73 Å². The van der Waals surface area contributed by atoms with E-state index in [0.717, 1.165) is 6.08 Å². The molecule has 72 valence electrons. The number of nitrogens with two attached hydrogens (primary N) is 1. The van der Waals surface area contributed by atoms with Crippen LogP contribution in [0.1, 0.15) is 10.4 Å². The molecule has 1 aromatic rings. The van der Waals surface area contributed by atoms with E-state index in [-0.39, 0.29) is 0 Å². The van der Waals surface area contributed by atoms with Gasteiger partial charge in [0.2, 0.25) is 5.91 Å². The second kappa shape index (κ2) is 4.23. The van der Waals surface area contributed by atoms with Gasteiger partial charge in [0.25, 0.3) is 5.91 Å². The third kappa shape index (κ3) is 2.45. The van der Waals surface area contributed by atoms with E-state index in [9.17, 15) is 9.59 Å². The lowest BCUT2D eigenvalue weighted by molar-refractivity contribution is -0.115. The van der Waals surface area contributed by atoms with Crippen molar-refractivity contribution in [1.29, 1.82) is 0 Å². The number of anilines is 1. The summed E-state index contributed by atoms with van der Waals surface area (Å²) >= 11 is 0. The molecule has 0 aliphatic carbocycles. The molecule has 1 aromatic carbocycles. The minimum Gasteiger partial charge on any atom is -0.399 e. The molecular weight excluding hydrogens is 180 g/mol. The normalized spacial score (nSPS) is 9.14. The molecule has 0 bridgehead atoms. The highest BCUT2D eigenvalue weighted by molar-refractivity contribution is 6.07. The van der Waals surface area contributed by atoms with Gasteiger partial charge in [0.05, 0.1) is 0 Å². The van der Waals surface area contributed by atoms with E-state index < -0.39 is 11.8 Å². The number of carbonyl (C=O) groups excluding carboxylic acids is 2. The van der Waals surface area contributed by atoms with Crippen molar-refractivity contribution >= 4 is 17.5 Å². The number of imide groups is 1. The van der Waals surface area contributed by atoms with Crippen molar-refractivity contribution in [2.45, 2.75) is 0 Å². The van der Waals surface area contributed by atoms with Gasteiger partial charge in [0.1, 0.15) is 0 Å². The van der Waals surface area contributed by atoms with Gasteiger partial charge in [-0.15, -0.1) is 0 Å². The Morgan fingerprint density at radius 3 is 2.36 bits per heavy atom. The molecule has 0 aromatic heterocycles. The van der Waals surface area contributed by atoms with Crippen LogP contribution >= 0.6 is 0 Å². The van der Waals surface area contributed by atoms with Crippen molar-refractivity contribution in [3.8, 4) is 0 Å². The number of hydrogen-bond acceptors (Lipinski definition) is 3. The van der Waals surface area contributed by atoms with E-state index >= 15 is 0 Å². The highest BCUT2D eigenvalue weighted by atomic mass is 16.2. The van der Waals surface area contributed by atoms with Gasteiger partial charge in [-0.1, -0.05) is 6.58 Å². The Hall–Kier alpha value is -2.10. The maximum absolute atomic E-state index is 11.3. The zero-order valence-electron chi connectivity index (χ0n) is 7.49. The van der Waals surface area contributed by atoms with E-state index in [1.54, 1.807) is 24.3 Å². The number of carbonyl (C=O) groups is 2. The lowest BCUT2D eigenvalue weighted by atomic mass is 10.2. The molecule has 0 aliphatic rings. The molecule has 0 heterocycles. The summed E-state index contributed by atoms with van der Waals surface area (Å²) < 4.78 is 0. The molecule has 4 nitrogen and oxygen atoms in total. The third-order valence-electron chi connectivity index (χ3n) is 1.59. The fraction of sp³-hybridized carbons (Fsp3) is 0. The second-order valence-electron chi connectivity index (χ2n) is 2.64. The summed E-state index contributed by atoms with van der Waals surface area (Å²) in [7, 11) is 0. The quantitative estimate of drug-likeness (QED) is 0.533. The van der Waals surface area contributed by atoms with Gasteiger partial charge >= 0.3 is 0 Å². The van der Waals surface area contributed by atoms with Gasteiger partial charge in [-0.3, -0.25) is 14.9 Å². The largest absolute Gasteiger partial charge is 0.399 e. The van der Waals surface area contributed by atoms with Crippen LogP contribution in [-0.2, 0) is 4.79 Å². The zero-order valence-corrected chi connectivity index (χ0v) is 7.49. The molecule has 1 rings (SSSR count). The number of benzene rings is 1. The topological polar surface area (TPSA) is 72.2 Å². The summed E-state index contributed by atoms with van der Waals surface area (Å²) in [6.45, 7) is 3.24. The summed E-state index contributed by atoms with van der Waals surface area (Å²) in [5.41, 5.74) is 6.39. The summed E-state index contributed by atoms with van der Waals surface area (Å²) in [5, 5.41) is 2.13. The number of hydrogen-bond donors (Lipinski definition) is 2. The van der Waals surface area contributed by atoms with Gasteiger partial charge in [-0.05, 0) is 30.3 Å². The fourth-order valence-corrected chi connectivity index (χ4v) is 0.870. The third-order valence-corrected chi connectivity index (χ3v) is 1.59. The average molecular weight is 190 g/mol. The summed E-state index contributed by atoms with van der Waals surface area (Å²) in [5.74, 6) is -0.985. The van der Waals surface area contributed by atoms with Gasteiger partial charge in [-0.2, -0.15) is 0 Å². The Balaban J connectivity index is 2.75. The molecule has 0 unspecified atom stereocenters. The number of nitrogens with one attached hydrogen (secondary N) is 1. The van der Waals surface area contributed by atoms with Crippen LogP contribution in [0.4, 0.5) is 5.69 Å². The van der Waals surface area contributed by atoms with E-state index in [1.807, 2.05) is 0 Å². The van der Waals surface area contributed by atoms with Crippen LogP contribution in [0.25, 0.3) is 0 Å². The molecule has 0 saturated carbocycles. The molecule has 0 spiro atoms. The SMILES string of the molecule is C=CC(=O)NC(=O)c1ccc(N)cc1. The van der Waals surface area contributed by atoms with Gasteiger partial charge in [0, 0.05) is 11.3 Å². The van der Waals surface area contributed by atoms with Crippen LogP contribution in [0.3, 0.4) is 0 Å².